The number of rotatable bonds is 7. The van der Waals surface area contributed by atoms with Crippen molar-refractivity contribution in [1.82, 2.24) is 0 Å². The van der Waals surface area contributed by atoms with Crippen molar-refractivity contribution in [3.8, 4) is 0 Å². The Labute approximate surface area is 197 Å². The Balaban J connectivity index is 1.82. The van der Waals surface area contributed by atoms with Crippen LogP contribution in [0.25, 0.3) is 0 Å². The molecule has 0 amide bonds. The van der Waals surface area contributed by atoms with Gasteiger partial charge in [0.15, 0.2) is 18.7 Å². The molecule has 9 nitrogen and oxygen atoms in total. The van der Waals surface area contributed by atoms with Gasteiger partial charge in [0.05, 0.1) is 24.4 Å². The first-order chi connectivity index (χ1) is 15.5. The number of methoxy groups -OCH3 is 1. The molecule has 0 aliphatic carbocycles. The molecule has 0 aromatic heterocycles. The highest BCUT2D eigenvalue weighted by Gasteiger charge is 2.54. The second-order valence-corrected chi connectivity index (χ2v) is 10.1. The van der Waals surface area contributed by atoms with Gasteiger partial charge in [-0.1, -0.05) is 34.6 Å². The van der Waals surface area contributed by atoms with Crippen LogP contribution in [-0.4, -0.2) is 84.7 Å². The number of carboxylic acid groups (broad SMARTS) is 1. The van der Waals surface area contributed by atoms with Gasteiger partial charge < -0.3 is 38.6 Å². The number of hydrogen-bond donors (Lipinski definition) is 2. The van der Waals surface area contributed by atoms with E-state index in [-0.39, 0.29) is 36.3 Å². The topological polar surface area (TPSA) is 113 Å². The van der Waals surface area contributed by atoms with Crippen molar-refractivity contribution >= 4 is 5.97 Å². The summed E-state index contributed by atoms with van der Waals surface area (Å²) in [6, 6.07) is 0. The molecule has 3 fully saturated rings. The summed E-state index contributed by atoms with van der Waals surface area (Å²) in [4.78, 5) is 12.0. The Kier molecular flexibility index (Phi) is 8.81. The van der Waals surface area contributed by atoms with Gasteiger partial charge in [-0.3, -0.25) is 0 Å². The molecule has 9 heteroatoms. The lowest BCUT2D eigenvalue weighted by atomic mass is 9.79. The molecule has 3 aliphatic heterocycles. The van der Waals surface area contributed by atoms with E-state index in [2.05, 4.69) is 13.8 Å². The minimum Gasteiger partial charge on any atom is -0.479 e. The van der Waals surface area contributed by atoms with Crippen LogP contribution in [0.15, 0.2) is 0 Å². The van der Waals surface area contributed by atoms with Crippen molar-refractivity contribution < 1.29 is 43.4 Å². The molecule has 0 saturated carbocycles. The maximum Gasteiger partial charge on any atom is 0.335 e. The van der Waals surface area contributed by atoms with Crippen LogP contribution in [-0.2, 0) is 33.2 Å². The zero-order valence-corrected chi connectivity index (χ0v) is 21.0. The van der Waals surface area contributed by atoms with Gasteiger partial charge in [0, 0.05) is 18.9 Å². The predicted molar refractivity (Wildman–Crippen MR) is 118 cm³/mol. The Bertz CT molecular complexity index is 660. The highest BCUT2D eigenvalue weighted by molar-refractivity contribution is 5.73. The summed E-state index contributed by atoms with van der Waals surface area (Å²) < 4.78 is 35.7. The van der Waals surface area contributed by atoms with Gasteiger partial charge in [0.2, 0.25) is 0 Å². The molecule has 3 rings (SSSR count). The smallest absolute Gasteiger partial charge is 0.335 e. The zero-order valence-electron chi connectivity index (χ0n) is 21.0. The first kappa shape index (κ1) is 26.8. The Morgan fingerprint density at radius 3 is 1.97 bits per heavy atom. The number of ether oxygens (including phenoxy) is 6. The molecule has 0 radical (unpaired) electrons. The first-order valence-electron chi connectivity index (χ1n) is 12.2. The monoisotopic (exact) mass is 474 g/mol. The fraction of sp³-hybridized carbons (Fsp3) is 0.958. The summed E-state index contributed by atoms with van der Waals surface area (Å²) >= 11 is 0. The van der Waals surface area contributed by atoms with Gasteiger partial charge in [0.25, 0.3) is 0 Å². The van der Waals surface area contributed by atoms with Gasteiger partial charge in [-0.2, -0.15) is 0 Å². The van der Waals surface area contributed by atoms with Crippen LogP contribution >= 0.6 is 0 Å². The maximum atomic E-state index is 12.0. The highest BCUT2D eigenvalue weighted by atomic mass is 16.7. The van der Waals surface area contributed by atoms with Crippen molar-refractivity contribution in [3.63, 3.8) is 0 Å². The molecule has 0 aromatic carbocycles. The number of hydrogen-bond acceptors (Lipinski definition) is 8. The van der Waals surface area contributed by atoms with E-state index in [1.807, 2.05) is 34.6 Å². The van der Waals surface area contributed by atoms with Crippen LogP contribution in [0.1, 0.15) is 54.9 Å². The average Bonchev–Trinajstić information content (AvgIpc) is 3.05. The van der Waals surface area contributed by atoms with Crippen molar-refractivity contribution in [2.75, 3.05) is 7.11 Å². The Morgan fingerprint density at radius 2 is 1.42 bits per heavy atom. The van der Waals surface area contributed by atoms with Crippen LogP contribution in [0.2, 0.25) is 0 Å². The third-order valence-corrected chi connectivity index (χ3v) is 8.15. The van der Waals surface area contributed by atoms with Crippen molar-refractivity contribution in [1.29, 1.82) is 0 Å². The standard InChI is InChI=1S/C24H42O9/c1-9-16-13(5)18(15(7)29-16)31-24-17(25)19(20(28-8)21(33-24)22(26)27)32-23-12(4)10(2)11(3)14(6)30-23/h10-21,23-25H,9H2,1-8H3,(H,26,27)/t10-,11-,12?,13-,14?,15?,16?,17?,18-,19+,20-,21?,23-,24+/m0/s1. The normalized spacial score (nSPS) is 50.9. The summed E-state index contributed by atoms with van der Waals surface area (Å²) in [5, 5.41) is 21.1. The van der Waals surface area contributed by atoms with E-state index in [4.69, 9.17) is 28.4 Å². The zero-order chi connectivity index (χ0) is 24.6. The quantitative estimate of drug-likeness (QED) is 0.574. The van der Waals surface area contributed by atoms with E-state index in [0.717, 1.165) is 6.42 Å². The Morgan fingerprint density at radius 1 is 0.788 bits per heavy atom. The number of aliphatic carboxylic acids is 1. The van der Waals surface area contributed by atoms with Crippen LogP contribution in [0, 0.1) is 23.7 Å². The van der Waals surface area contributed by atoms with Crippen molar-refractivity contribution in [2.24, 2.45) is 23.7 Å². The maximum absolute atomic E-state index is 12.0. The summed E-state index contributed by atoms with van der Waals surface area (Å²) in [6.07, 6.45) is -6.24. The Hall–Kier alpha value is -0.810. The number of carbonyl (C=O) groups is 1. The molecular weight excluding hydrogens is 432 g/mol. The van der Waals surface area contributed by atoms with E-state index in [1.54, 1.807) is 0 Å². The number of aliphatic hydroxyl groups excluding tert-OH is 1. The van der Waals surface area contributed by atoms with Gasteiger partial charge in [0.1, 0.15) is 18.3 Å². The second kappa shape index (κ2) is 10.8. The summed E-state index contributed by atoms with van der Waals surface area (Å²) in [5.41, 5.74) is 0. The first-order valence-corrected chi connectivity index (χ1v) is 12.2. The molecule has 3 heterocycles. The van der Waals surface area contributed by atoms with Crippen LogP contribution in [0.4, 0.5) is 0 Å². The van der Waals surface area contributed by atoms with Crippen LogP contribution < -0.4 is 0 Å². The van der Waals surface area contributed by atoms with E-state index in [9.17, 15) is 15.0 Å². The minimum atomic E-state index is -1.36. The van der Waals surface area contributed by atoms with Gasteiger partial charge in [-0.15, -0.1) is 0 Å². The largest absolute Gasteiger partial charge is 0.479 e. The molecule has 0 aromatic rings. The molecule has 6 unspecified atom stereocenters. The van der Waals surface area contributed by atoms with Crippen molar-refractivity contribution in [2.45, 2.75) is 116 Å². The lowest BCUT2D eigenvalue weighted by molar-refractivity contribution is -0.348. The van der Waals surface area contributed by atoms with E-state index >= 15 is 0 Å². The molecule has 14 atom stereocenters. The third-order valence-electron chi connectivity index (χ3n) is 8.15. The van der Waals surface area contributed by atoms with Crippen molar-refractivity contribution in [3.05, 3.63) is 0 Å². The van der Waals surface area contributed by atoms with E-state index in [0.29, 0.717) is 11.8 Å². The van der Waals surface area contributed by atoms with Crippen LogP contribution in [0.3, 0.4) is 0 Å². The SMILES string of the molecule is CCC1OC(C)[C@@H](O[C@@H]2OC(C(=O)O)[C@@H](OC)[C@H](O[C@@H]3OC(C)[C@@H](C)[C@H](C)C3C)C2O)[C@H]1C. The molecule has 192 valence electrons. The lowest BCUT2D eigenvalue weighted by Gasteiger charge is -2.47. The molecule has 3 aliphatic rings. The molecule has 0 bridgehead atoms. The number of aliphatic hydroxyl groups is 1. The van der Waals surface area contributed by atoms with Crippen LogP contribution in [0.5, 0.6) is 0 Å². The van der Waals surface area contributed by atoms with E-state index < -0.39 is 43.0 Å². The summed E-state index contributed by atoms with van der Waals surface area (Å²) in [5.74, 6) is -0.438. The summed E-state index contributed by atoms with van der Waals surface area (Å²) in [6.45, 7) is 14.3. The second-order valence-electron chi connectivity index (χ2n) is 10.1. The highest BCUT2D eigenvalue weighted by Crippen LogP contribution is 2.39. The number of carboxylic acids is 1. The van der Waals surface area contributed by atoms with Gasteiger partial charge in [-0.05, 0) is 32.1 Å². The molecule has 0 spiro atoms. The average molecular weight is 475 g/mol. The fourth-order valence-electron chi connectivity index (χ4n) is 5.45. The van der Waals surface area contributed by atoms with E-state index in [1.165, 1.54) is 7.11 Å². The molecule has 3 saturated heterocycles. The molecule has 33 heavy (non-hydrogen) atoms. The predicted octanol–water partition coefficient (Wildman–Crippen LogP) is 2.43. The third kappa shape index (κ3) is 5.24. The van der Waals surface area contributed by atoms with Gasteiger partial charge in [-0.25, -0.2) is 4.79 Å². The molecule has 2 N–H and O–H groups in total. The lowest BCUT2D eigenvalue weighted by Crippen LogP contribution is -2.64. The molecular formula is C24H42O9. The fourth-order valence-corrected chi connectivity index (χ4v) is 5.45. The van der Waals surface area contributed by atoms with Gasteiger partial charge >= 0.3 is 5.97 Å². The minimum absolute atomic E-state index is 0.0289. The summed E-state index contributed by atoms with van der Waals surface area (Å²) in [7, 11) is 1.38.